The van der Waals surface area contributed by atoms with Gasteiger partial charge in [0.15, 0.2) is 12.1 Å². The molecule has 0 bridgehead atoms. The van der Waals surface area contributed by atoms with Crippen LogP contribution in [0.3, 0.4) is 0 Å². The molecular formula is C12H20O5S. The lowest BCUT2D eigenvalue weighted by Crippen LogP contribution is -2.40. The molecule has 3 heterocycles. The lowest BCUT2D eigenvalue weighted by atomic mass is 10.1. The molecule has 0 spiro atoms. The molecule has 6 heteroatoms. The van der Waals surface area contributed by atoms with Gasteiger partial charge in [0, 0.05) is 0 Å². The topological polar surface area (TPSA) is 57.2 Å². The smallest absolute Gasteiger partial charge is 0.190 e. The van der Waals surface area contributed by atoms with Crippen LogP contribution in [0, 0.1) is 0 Å². The Kier molecular flexibility index (Phi) is 2.97. The van der Waals surface area contributed by atoms with Crippen molar-refractivity contribution in [3.05, 3.63) is 0 Å². The van der Waals surface area contributed by atoms with Gasteiger partial charge in [0.25, 0.3) is 0 Å². The molecule has 0 aromatic rings. The van der Waals surface area contributed by atoms with Crippen molar-refractivity contribution in [2.24, 2.45) is 0 Å². The molecule has 5 atom stereocenters. The van der Waals surface area contributed by atoms with Gasteiger partial charge in [0.05, 0.1) is 11.9 Å². The van der Waals surface area contributed by atoms with Crippen LogP contribution in [0.5, 0.6) is 0 Å². The van der Waals surface area contributed by atoms with Crippen LogP contribution in [-0.4, -0.2) is 52.3 Å². The fraction of sp³-hybridized carbons (Fsp3) is 1.00. The van der Waals surface area contributed by atoms with E-state index in [1.165, 1.54) is 0 Å². The van der Waals surface area contributed by atoms with Crippen molar-refractivity contribution >= 4 is 11.8 Å². The molecule has 18 heavy (non-hydrogen) atoms. The Morgan fingerprint density at radius 1 is 1.11 bits per heavy atom. The monoisotopic (exact) mass is 276 g/mol. The highest BCUT2D eigenvalue weighted by Crippen LogP contribution is 2.45. The number of aliphatic hydroxyl groups is 1. The van der Waals surface area contributed by atoms with Crippen molar-refractivity contribution in [2.75, 3.05) is 6.61 Å². The zero-order chi connectivity index (χ0) is 13.1. The third-order valence-corrected chi connectivity index (χ3v) is 4.84. The van der Waals surface area contributed by atoms with Crippen molar-refractivity contribution in [3.8, 4) is 0 Å². The number of hydrogen-bond acceptors (Lipinski definition) is 6. The Bertz CT molecular complexity index is 345. The van der Waals surface area contributed by atoms with Crippen LogP contribution in [0.4, 0.5) is 0 Å². The summed E-state index contributed by atoms with van der Waals surface area (Å²) in [6, 6.07) is 0. The van der Waals surface area contributed by atoms with Crippen molar-refractivity contribution in [3.63, 3.8) is 0 Å². The second-order valence-electron chi connectivity index (χ2n) is 5.93. The molecule has 3 saturated heterocycles. The number of fused-ring (bicyclic) bond motifs is 1. The van der Waals surface area contributed by atoms with E-state index >= 15 is 0 Å². The standard InChI is InChI=1S/C12H20O5S/c1-11(2)16-9-7(13)8(15-10(9)17-11)6-5-14-12(3,4)18-6/h6-10,13H,5H2,1-4H3/t6-,7+,8+,9-,10-/m1/s1. The van der Waals surface area contributed by atoms with E-state index in [4.69, 9.17) is 18.9 Å². The summed E-state index contributed by atoms with van der Waals surface area (Å²) in [5.41, 5.74) is 0. The summed E-state index contributed by atoms with van der Waals surface area (Å²) >= 11 is 1.69. The van der Waals surface area contributed by atoms with E-state index in [-0.39, 0.29) is 16.3 Å². The summed E-state index contributed by atoms with van der Waals surface area (Å²) in [5, 5.41) is 10.4. The van der Waals surface area contributed by atoms with Crippen molar-refractivity contribution in [1.29, 1.82) is 0 Å². The van der Waals surface area contributed by atoms with Gasteiger partial charge in [-0.05, 0) is 27.7 Å². The van der Waals surface area contributed by atoms with Crippen LogP contribution in [0.15, 0.2) is 0 Å². The van der Waals surface area contributed by atoms with Crippen LogP contribution in [0.2, 0.25) is 0 Å². The second-order valence-corrected chi connectivity index (χ2v) is 7.75. The molecule has 0 radical (unpaired) electrons. The first-order valence-electron chi connectivity index (χ1n) is 6.28. The summed E-state index contributed by atoms with van der Waals surface area (Å²) in [6.45, 7) is 8.29. The van der Waals surface area contributed by atoms with Gasteiger partial charge in [-0.3, -0.25) is 0 Å². The fourth-order valence-corrected chi connectivity index (χ4v) is 4.06. The zero-order valence-corrected chi connectivity index (χ0v) is 11.9. The van der Waals surface area contributed by atoms with Gasteiger partial charge in [-0.2, -0.15) is 0 Å². The normalized spacial score (nSPS) is 49.5. The average molecular weight is 276 g/mol. The Labute approximate surface area is 111 Å². The van der Waals surface area contributed by atoms with Crippen LogP contribution < -0.4 is 0 Å². The van der Waals surface area contributed by atoms with Gasteiger partial charge in [-0.25, -0.2) is 0 Å². The summed E-state index contributed by atoms with van der Waals surface area (Å²) in [5.74, 6) is -0.681. The summed E-state index contributed by atoms with van der Waals surface area (Å²) in [6.07, 6.45) is -1.81. The molecule has 0 saturated carbocycles. The highest BCUT2D eigenvalue weighted by atomic mass is 32.2. The molecule has 0 aliphatic carbocycles. The van der Waals surface area contributed by atoms with E-state index < -0.39 is 24.3 Å². The third-order valence-electron chi connectivity index (χ3n) is 3.45. The minimum atomic E-state index is -0.681. The average Bonchev–Trinajstić information content (AvgIpc) is 2.81. The number of aliphatic hydroxyl groups excluding tert-OH is 1. The van der Waals surface area contributed by atoms with Gasteiger partial charge < -0.3 is 24.1 Å². The Morgan fingerprint density at radius 2 is 1.83 bits per heavy atom. The van der Waals surface area contributed by atoms with Gasteiger partial charge in [0.1, 0.15) is 23.2 Å². The number of hydrogen-bond donors (Lipinski definition) is 1. The molecule has 0 aromatic carbocycles. The van der Waals surface area contributed by atoms with Crippen molar-refractivity contribution in [1.82, 2.24) is 0 Å². The molecule has 3 rings (SSSR count). The highest BCUT2D eigenvalue weighted by molar-refractivity contribution is 8.01. The lowest BCUT2D eigenvalue weighted by Gasteiger charge is -2.25. The van der Waals surface area contributed by atoms with Crippen LogP contribution in [0.25, 0.3) is 0 Å². The Balaban J connectivity index is 1.68. The summed E-state index contributed by atoms with van der Waals surface area (Å²) in [4.78, 5) is -0.216. The number of thioether (sulfide) groups is 1. The SMILES string of the molecule is CC1(C)O[C@H]2O[C@@H]([C@H]3COC(C)(C)S3)[C@H](O)[C@H]2O1. The fourth-order valence-electron chi connectivity index (χ4n) is 2.70. The van der Waals surface area contributed by atoms with E-state index in [9.17, 15) is 5.11 Å². The van der Waals surface area contributed by atoms with Crippen LogP contribution >= 0.6 is 11.8 Å². The molecule has 3 aliphatic heterocycles. The highest BCUT2D eigenvalue weighted by Gasteiger charge is 2.57. The van der Waals surface area contributed by atoms with Crippen LogP contribution in [-0.2, 0) is 18.9 Å². The van der Waals surface area contributed by atoms with Crippen molar-refractivity contribution < 1.29 is 24.1 Å². The zero-order valence-electron chi connectivity index (χ0n) is 11.1. The van der Waals surface area contributed by atoms with E-state index in [1.807, 2.05) is 27.7 Å². The maximum Gasteiger partial charge on any atom is 0.190 e. The molecule has 0 aromatic heterocycles. The van der Waals surface area contributed by atoms with Gasteiger partial charge in [-0.1, -0.05) is 0 Å². The second kappa shape index (κ2) is 4.07. The van der Waals surface area contributed by atoms with Crippen LogP contribution in [0.1, 0.15) is 27.7 Å². The molecule has 3 aliphatic rings. The maximum absolute atomic E-state index is 10.3. The maximum atomic E-state index is 10.3. The summed E-state index contributed by atoms with van der Waals surface area (Å²) in [7, 11) is 0. The minimum absolute atomic E-state index is 0.121. The molecule has 3 fully saturated rings. The molecule has 0 unspecified atom stereocenters. The summed E-state index contributed by atoms with van der Waals surface area (Å²) < 4.78 is 22.8. The predicted molar refractivity (Wildman–Crippen MR) is 66.1 cm³/mol. The molecule has 5 nitrogen and oxygen atoms in total. The van der Waals surface area contributed by atoms with E-state index in [1.54, 1.807) is 11.8 Å². The van der Waals surface area contributed by atoms with E-state index in [0.717, 1.165) is 0 Å². The molecular weight excluding hydrogens is 256 g/mol. The number of rotatable bonds is 1. The van der Waals surface area contributed by atoms with Crippen molar-refractivity contribution in [2.45, 2.75) is 68.3 Å². The van der Waals surface area contributed by atoms with E-state index in [0.29, 0.717) is 6.61 Å². The van der Waals surface area contributed by atoms with Gasteiger partial charge >= 0.3 is 0 Å². The first-order valence-corrected chi connectivity index (χ1v) is 7.16. The minimum Gasteiger partial charge on any atom is -0.387 e. The molecule has 104 valence electrons. The first kappa shape index (κ1) is 13.1. The largest absolute Gasteiger partial charge is 0.387 e. The van der Waals surface area contributed by atoms with Gasteiger partial charge in [0.2, 0.25) is 0 Å². The quantitative estimate of drug-likeness (QED) is 0.774. The predicted octanol–water partition coefficient (Wildman–Crippen LogP) is 1.09. The third kappa shape index (κ3) is 2.19. The van der Waals surface area contributed by atoms with Gasteiger partial charge in [-0.15, -0.1) is 11.8 Å². The Morgan fingerprint density at radius 3 is 2.39 bits per heavy atom. The molecule has 1 N–H and O–H groups in total. The molecule has 0 amide bonds. The number of ether oxygens (including phenoxy) is 4. The van der Waals surface area contributed by atoms with E-state index in [2.05, 4.69) is 0 Å². The Hall–Kier alpha value is 0.150. The first-order chi connectivity index (χ1) is 8.27. The lowest BCUT2D eigenvalue weighted by molar-refractivity contribution is -0.215.